The van der Waals surface area contributed by atoms with E-state index in [2.05, 4.69) is 23.2 Å². The zero-order valence-corrected chi connectivity index (χ0v) is 18.1. The lowest BCUT2D eigenvalue weighted by molar-refractivity contribution is 0.00703. The van der Waals surface area contributed by atoms with Crippen LogP contribution in [0.2, 0.25) is 0 Å². The van der Waals surface area contributed by atoms with Gasteiger partial charge < -0.3 is 4.74 Å². The molecule has 29 heavy (non-hydrogen) atoms. The minimum atomic E-state index is -0.572. The minimum Gasteiger partial charge on any atom is -0.456 e. The van der Waals surface area contributed by atoms with Crippen molar-refractivity contribution < 1.29 is 9.53 Å². The Balaban J connectivity index is 2.13. The summed E-state index contributed by atoms with van der Waals surface area (Å²) >= 11 is 5.39. The van der Waals surface area contributed by atoms with Gasteiger partial charge in [0.15, 0.2) is 4.77 Å². The predicted octanol–water partition coefficient (Wildman–Crippen LogP) is 5.95. The minimum absolute atomic E-state index is 0.00254. The van der Waals surface area contributed by atoms with Gasteiger partial charge in [0, 0.05) is 0 Å². The second kappa shape index (κ2) is 8.74. The number of carbonyl (C=O) groups excluding carboxylic acids is 1. The molecule has 0 saturated carbocycles. The number of aromatic amines is 1. The molecule has 1 heterocycles. The van der Waals surface area contributed by atoms with Gasteiger partial charge in [0.25, 0.3) is 0 Å². The maximum atomic E-state index is 13.1. The molecule has 3 aromatic rings. The molecule has 0 aliphatic heterocycles. The van der Waals surface area contributed by atoms with Crippen molar-refractivity contribution in [3.8, 4) is 11.1 Å². The normalized spacial score (nSPS) is 12.6. The summed E-state index contributed by atoms with van der Waals surface area (Å²) in [7, 11) is 0. The number of H-pyrrole nitrogens is 1. The van der Waals surface area contributed by atoms with Crippen LogP contribution in [0, 0.1) is 4.77 Å². The van der Waals surface area contributed by atoms with E-state index in [0.717, 1.165) is 29.5 Å². The van der Waals surface area contributed by atoms with E-state index in [1.54, 1.807) is 6.33 Å². The van der Waals surface area contributed by atoms with E-state index in [9.17, 15) is 4.79 Å². The fourth-order valence-corrected chi connectivity index (χ4v) is 3.59. The molecule has 1 aromatic heterocycles. The van der Waals surface area contributed by atoms with Crippen molar-refractivity contribution in [1.29, 1.82) is 0 Å². The SMILES string of the molecule is CCCC(c1ccc(-c2ccccc2)c(C(=O)OC(C)(C)C)c1)n1cn[nH]c1=S. The van der Waals surface area contributed by atoms with Gasteiger partial charge in [-0.1, -0.05) is 55.8 Å². The summed E-state index contributed by atoms with van der Waals surface area (Å²) in [6.07, 6.45) is 3.56. The molecule has 0 spiro atoms. The number of nitrogens with one attached hydrogen (secondary N) is 1. The van der Waals surface area contributed by atoms with E-state index in [4.69, 9.17) is 17.0 Å². The third-order valence-electron chi connectivity index (χ3n) is 4.61. The van der Waals surface area contributed by atoms with Crippen LogP contribution in [0.5, 0.6) is 0 Å². The van der Waals surface area contributed by atoms with Gasteiger partial charge in [0.2, 0.25) is 0 Å². The lowest BCUT2D eigenvalue weighted by Crippen LogP contribution is -2.24. The highest BCUT2D eigenvalue weighted by Gasteiger charge is 2.23. The van der Waals surface area contributed by atoms with Crippen LogP contribution in [0.1, 0.15) is 62.5 Å². The quantitative estimate of drug-likeness (QED) is 0.403. The van der Waals surface area contributed by atoms with Gasteiger partial charge in [0.05, 0.1) is 11.6 Å². The summed E-state index contributed by atoms with van der Waals surface area (Å²) in [6.45, 7) is 7.76. The van der Waals surface area contributed by atoms with Gasteiger partial charge in [-0.05, 0) is 62.2 Å². The summed E-state index contributed by atoms with van der Waals surface area (Å²) in [5, 5.41) is 6.88. The molecule has 152 valence electrons. The Labute approximate surface area is 176 Å². The Hall–Kier alpha value is -2.73. The van der Waals surface area contributed by atoms with Crippen molar-refractivity contribution in [3.63, 3.8) is 0 Å². The summed E-state index contributed by atoms with van der Waals surface area (Å²) in [4.78, 5) is 13.1. The molecular weight excluding hydrogens is 382 g/mol. The lowest BCUT2D eigenvalue weighted by Gasteiger charge is -2.23. The maximum absolute atomic E-state index is 13.1. The van der Waals surface area contributed by atoms with Gasteiger partial charge in [-0.2, -0.15) is 5.10 Å². The molecule has 5 nitrogen and oxygen atoms in total. The fraction of sp³-hybridized carbons (Fsp3) is 0.348. The van der Waals surface area contributed by atoms with Crippen LogP contribution >= 0.6 is 12.2 Å². The van der Waals surface area contributed by atoms with Crippen molar-refractivity contribution in [3.05, 3.63) is 70.8 Å². The number of hydrogen-bond acceptors (Lipinski definition) is 4. The molecule has 0 fully saturated rings. The number of nitrogens with zero attached hydrogens (tertiary/aromatic N) is 2. The molecule has 1 N–H and O–H groups in total. The van der Waals surface area contributed by atoms with Crippen LogP contribution < -0.4 is 0 Å². The Morgan fingerprint density at radius 1 is 1.21 bits per heavy atom. The summed E-state index contributed by atoms with van der Waals surface area (Å²) < 4.78 is 8.21. The third kappa shape index (κ3) is 5.01. The molecule has 1 atom stereocenters. The highest BCUT2D eigenvalue weighted by molar-refractivity contribution is 7.71. The first kappa shape index (κ1) is 21.0. The second-order valence-corrected chi connectivity index (χ2v) is 8.43. The van der Waals surface area contributed by atoms with Crippen LogP contribution in [0.15, 0.2) is 54.9 Å². The molecule has 2 aromatic carbocycles. The maximum Gasteiger partial charge on any atom is 0.339 e. The smallest absolute Gasteiger partial charge is 0.339 e. The predicted molar refractivity (Wildman–Crippen MR) is 118 cm³/mol. The highest BCUT2D eigenvalue weighted by atomic mass is 32.1. The number of carbonyl (C=O) groups is 1. The van der Waals surface area contributed by atoms with Gasteiger partial charge >= 0.3 is 5.97 Å². The molecule has 0 saturated heterocycles. The Kier molecular flexibility index (Phi) is 6.33. The first-order valence-electron chi connectivity index (χ1n) is 9.84. The average molecular weight is 410 g/mol. The monoisotopic (exact) mass is 409 g/mol. The molecular formula is C23H27N3O2S. The number of rotatable bonds is 6. The Morgan fingerprint density at radius 2 is 1.93 bits per heavy atom. The number of ether oxygens (including phenoxy) is 1. The third-order valence-corrected chi connectivity index (χ3v) is 4.91. The standard InChI is InChI=1S/C23H27N3O2S/c1-5-9-20(26-15-24-25-22(26)29)17-12-13-18(16-10-7-6-8-11-16)19(14-17)21(27)28-23(2,3)4/h6-8,10-15,20H,5,9H2,1-4H3,(H,25,29). The number of esters is 1. The zero-order chi connectivity index (χ0) is 21.0. The molecule has 0 aliphatic carbocycles. The Morgan fingerprint density at radius 3 is 2.52 bits per heavy atom. The molecule has 0 aliphatic rings. The molecule has 0 radical (unpaired) electrons. The van der Waals surface area contributed by atoms with Crippen LogP contribution in [-0.4, -0.2) is 26.3 Å². The highest BCUT2D eigenvalue weighted by Crippen LogP contribution is 2.31. The van der Waals surface area contributed by atoms with Gasteiger partial charge in [-0.3, -0.25) is 9.67 Å². The van der Waals surface area contributed by atoms with E-state index >= 15 is 0 Å². The largest absolute Gasteiger partial charge is 0.456 e. The first-order valence-corrected chi connectivity index (χ1v) is 10.2. The van der Waals surface area contributed by atoms with E-state index in [-0.39, 0.29) is 12.0 Å². The lowest BCUT2D eigenvalue weighted by atomic mass is 9.93. The van der Waals surface area contributed by atoms with Crippen LogP contribution in [0.25, 0.3) is 11.1 Å². The van der Waals surface area contributed by atoms with Crippen LogP contribution in [-0.2, 0) is 4.74 Å². The second-order valence-electron chi connectivity index (χ2n) is 8.05. The number of aromatic nitrogens is 3. The van der Waals surface area contributed by atoms with Gasteiger partial charge in [-0.15, -0.1) is 0 Å². The first-order chi connectivity index (χ1) is 13.8. The molecule has 6 heteroatoms. The van der Waals surface area contributed by atoms with E-state index in [1.165, 1.54) is 0 Å². The van der Waals surface area contributed by atoms with Crippen molar-refractivity contribution in [2.24, 2.45) is 0 Å². The van der Waals surface area contributed by atoms with E-state index in [1.807, 2.05) is 67.8 Å². The van der Waals surface area contributed by atoms with Crippen molar-refractivity contribution in [2.75, 3.05) is 0 Å². The van der Waals surface area contributed by atoms with Gasteiger partial charge in [0.1, 0.15) is 11.9 Å². The average Bonchev–Trinajstić information content (AvgIpc) is 3.10. The van der Waals surface area contributed by atoms with Crippen molar-refractivity contribution >= 4 is 18.2 Å². The molecule has 0 bridgehead atoms. The molecule has 1 unspecified atom stereocenters. The topological polar surface area (TPSA) is 59.9 Å². The zero-order valence-electron chi connectivity index (χ0n) is 17.3. The van der Waals surface area contributed by atoms with Crippen LogP contribution in [0.3, 0.4) is 0 Å². The van der Waals surface area contributed by atoms with Crippen molar-refractivity contribution in [2.45, 2.75) is 52.2 Å². The van der Waals surface area contributed by atoms with E-state index < -0.39 is 5.60 Å². The molecule has 3 rings (SSSR count). The number of benzene rings is 2. The summed E-state index contributed by atoms with van der Waals surface area (Å²) in [5.74, 6) is -0.329. The molecule has 0 amide bonds. The fourth-order valence-electron chi connectivity index (χ4n) is 3.36. The summed E-state index contributed by atoms with van der Waals surface area (Å²) in [6, 6.07) is 15.9. The van der Waals surface area contributed by atoms with Gasteiger partial charge in [-0.25, -0.2) is 4.79 Å². The summed E-state index contributed by atoms with van der Waals surface area (Å²) in [5.41, 5.74) is 2.82. The number of hydrogen-bond donors (Lipinski definition) is 1. The van der Waals surface area contributed by atoms with Crippen LogP contribution in [0.4, 0.5) is 0 Å². The van der Waals surface area contributed by atoms with E-state index in [0.29, 0.717) is 10.3 Å². The Bertz CT molecular complexity index is 1030. The van der Waals surface area contributed by atoms with Crippen molar-refractivity contribution in [1.82, 2.24) is 14.8 Å².